The van der Waals surface area contributed by atoms with E-state index < -0.39 is 0 Å². The molecule has 18 heavy (non-hydrogen) atoms. The second-order valence-corrected chi connectivity index (χ2v) is 5.00. The molecule has 0 saturated carbocycles. The van der Waals surface area contributed by atoms with Crippen LogP contribution in [-0.4, -0.2) is 24.5 Å². The third kappa shape index (κ3) is 2.41. The van der Waals surface area contributed by atoms with E-state index in [9.17, 15) is 4.79 Å². The lowest BCUT2D eigenvalue weighted by molar-refractivity contribution is -0.120. The number of rotatable bonds is 2. The molecule has 1 saturated heterocycles. The molecule has 0 radical (unpaired) electrons. The van der Waals surface area contributed by atoms with Crippen LogP contribution in [0.5, 0.6) is 0 Å². The van der Waals surface area contributed by atoms with Crippen LogP contribution in [-0.2, 0) is 11.2 Å². The molecule has 3 heteroatoms. The van der Waals surface area contributed by atoms with E-state index in [2.05, 4.69) is 31.3 Å². The Morgan fingerprint density at radius 2 is 2.06 bits per heavy atom. The van der Waals surface area contributed by atoms with E-state index in [4.69, 9.17) is 0 Å². The summed E-state index contributed by atoms with van der Waals surface area (Å²) in [5.74, 6) is 0.181. The molecule has 1 fully saturated rings. The van der Waals surface area contributed by atoms with Gasteiger partial charge in [0.1, 0.15) is 0 Å². The summed E-state index contributed by atoms with van der Waals surface area (Å²) in [6.45, 7) is 7.11. The second kappa shape index (κ2) is 5.53. The number of hydrogen-bond donors (Lipinski definition) is 1. The monoisotopic (exact) mass is 246 g/mol. The number of anilines is 1. The lowest BCUT2D eigenvalue weighted by Gasteiger charge is -2.30. The molecule has 0 aliphatic carbocycles. The van der Waals surface area contributed by atoms with Crippen molar-refractivity contribution in [2.45, 2.75) is 45.7 Å². The number of hydrogen-bond acceptors (Lipinski definition) is 2. The van der Waals surface area contributed by atoms with E-state index >= 15 is 0 Å². The van der Waals surface area contributed by atoms with Crippen LogP contribution in [0.15, 0.2) is 24.3 Å². The summed E-state index contributed by atoms with van der Waals surface area (Å²) in [5, 5.41) is 3.27. The molecule has 2 rings (SSSR count). The highest BCUT2D eigenvalue weighted by Gasteiger charge is 2.29. The fraction of sp³-hybridized carbons (Fsp3) is 0.533. The van der Waals surface area contributed by atoms with Gasteiger partial charge in [0, 0.05) is 11.7 Å². The third-order valence-corrected chi connectivity index (χ3v) is 3.69. The first kappa shape index (κ1) is 13.1. The van der Waals surface area contributed by atoms with E-state index in [1.807, 2.05) is 24.0 Å². The van der Waals surface area contributed by atoms with Gasteiger partial charge in [-0.25, -0.2) is 0 Å². The van der Waals surface area contributed by atoms with Crippen LogP contribution in [0.3, 0.4) is 0 Å². The Hall–Kier alpha value is -1.35. The summed E-state index contributed by atoms with van der Waals surface area (Å²) in [4.78, 5) is 14.5. The maximum Gasteiger partial charge on any atom is 0.244 e. The van der Waals surface area contributed by atoms with E-state index in [1.165, 1.54) is 5.56 Å². The Morgan fingerprint density at radius 3 is 2.78 bits per heavy atom. The zero-order chi connectivity index (χ0) is 13.1. The van der Waals surface area contributed by atoms with Crippen molar-refractivity contribution in [3.05, 3.63) is 29.8 Å². The summed E-state index contributed by atoms with van der Waals surface area (Å²) in [6, 6.07) is 8.38. The summed E-state index contributed by atoms with van der Waals surface area (Å²) in [6.07, 6.45) is 1.95. The van der Waals surface area contributed by atoms with Crippen molar-refractivity contribution in [2.24, 2.45) is 0 Å². The minimum atomic E-state index is -0.0973. The Bertz CT molecular complexity index is 430. The van der Waals surface area contributed by atoms with Gasteiger partial charge in [0.15, 0.2) is 0 Å². The largest absolute Gasteiger partial charge is 0.308 e. The number of aryl methyl sites for hydroxylation is 1. The van der Waals surface area contributed by atoms with Crippen molar-refractivity contribution in [1.29, 1.82) is 0 Å². The molecule has 98 valence electrons. The fourth-order valence-electron chi connectivity index (χ4n) is 2.55. The average Bonchev–Trinajstić information content (AvgIpc) is 2.50. The molecule has 0 aromatic heterocycles. The number of benzene rings is 1. The highest BCUT2D eigenvalue weighted by molar-refractivity contribution is 5.98. The number of para-hydroxylation sites is 1. The number of carbonyl (C=O) groups excluding carboxylic acids is 1. The molecule has 1 aromatic rings. The molecule has 1 aromatic carbocycles. The molecule has 1 heterocycles. The molecule has 2 unspecified atom stereocenters. The van der Waals surface area contributed by atoms with Gasteiger partial charge in [0.05, 0.1) is 6.04 Å². The standard InChI is InChI=1S/C15H22N2O/c1-4-13-7-5-6-8-14(13)17-11(2)9-10-16-12(3)15(17)18/h5-8,11-12,16H,4,9-10H2,1-3H3. The molecule has 1 aliphatic heterocycles. The maximum absolute atomic E-state index is 12.5. The maximum atomic E-state index is 12.5. The van der Waals surface area contributed by atoms with E-state index in [0.29, 0.717) is 0 Å². The predicted octanol–water partition coefficient (Wildman–Crippen LogP) is 2.35. The van der Waals surface area contributed by atoms with Gasteiger partial charge in [-0.05, 0) is 44.9 Å². The van der Waals surface area contributed by atoms with Crippen LogP contribution >= 0.6 is 0 Å². The highest BCUT2D eigenvalue weighted by Crippen LogP contribution is 2.26. The number of amides is 1. The van der Waals surface area contributed by atoms with Crippen LogP contribution < -0.4 is 10.2 Å². The minimum absolute atomic E-state index is 0.0973. The van der Waals surface area contributed by atoms with Crippen LogP contribution in [0.4, 0.5) is 5.69 Å². The van der Waals surface area contributed by atoms with E-state index in [1.54, 1.807) is 0 Å². The predicted molar refractivity (Wildman–Crippen MR) is 74.8 cm³/mol. The summed E-state index contributed by atoms with van der Waals surface area (Å²) < 4.78 is 0. The minimum Gasteiger partial charge on any atom is -0.308 e. The van der Waals surface area contributed by atoms with Crippen LogP contribution in [0.2, 0.25) is 0 Å². The van der Waals surface area contributed by atoms with Gasteiger partial charge in [-0.1, -0.05) is 25.1 Å². The van der Waals surface area contributed by atoms with Crippen molar-refractivity contribution < 1.29 is 4.79 Å². The van der Waals surface area contributed by atoms with Gasteiger partial charge in [-0.15, -0.1) is 0 Å². The van der Waals surface area contributed by atoms with Gasteiger partial charge in [0.25, 0.3) is 0 Å². The molecule has 0 bridgehead atoms. The normalized spacial score (nSPS) is 25.1. The van der Waals surface area contributed by atoms with Gasteiger partial charge in [-0.2, -0.15) is 0 Å². The second-order valence-electron chi connectivity index (χ2n) is 5.00. The summed E-state index contributed by atoms with van der Waals surface area (Å²) in [7, 11) is 0. The van der Waals surface area contributed by atoms with Crippen LogP contribution in [0, 0.1) is 0 Å². The number of carbonyl (C=O) groups is 1. The summed E-state index contributed by atoms with van der Waals surface area (Å²) in [5.41, 5.74) is 2.32. The van der Waals surface area contributed by atoms with Gasteiger partial charge < -0.3 is 10.2 Å². The van der Waals surface area contributed by atoms with Crippen LogP contribution in [0.1, 0.15) is 32.8 Å². The number of nitrogens with one attached hydrogen (secondary N) is 1. The lowest BCUT2D eigenvalue weighted by atomic mass is 10.1. The Morgan fingerprint density at radius 1 is 1.33 bits per heavy atom. The first-order valence-corrected chi connectivity index (χ1v) is 6.79. The highest BCUT2D eigenvalue weighted by atomic mass is 16.2. The van der Waals surface area contributed by atoms with Crippen molar-refractivity contribution in [1.82, 2.24) is 5.32 Å². The third-order valence-electron chi connectivity index (χ3n) is 3.69. The zero-order valence-corrected chi connectivity index (χ0v) is 11.4. The Labute approximate surface area is 109 Å². The quantitative estimate of drug-likeness (QED) is 0.868. The molecule has 3 nitrogen and oxygen atoms in total. The topological polar surface area (TPSA) is 32.3 Å². The van der Waals surface area contributed by atoms with Gasteiger partial charge >= 0.3 is 0 Å². The first-order chi connectivity index (χ1) is 8.65. The Balaban J connectivity index is 2.41. The number of nitrogens with zero attached hydrogens (tertiary/aromatic N) is 1. The first-order valence-electron chi connectivity index (χ1n) is 6.79. The average molecular weight is 246 g/mol. The SMILES string of the molecule is CCc1ccccc1N1C(=O)C(C)NCCC1C. The van der Waals surface area contributed by atoms with Gasteiger partial charge in [0.2, 0.25) is 5.91 Å². The molecule has 0 spiro atoms. The van der Waals surface area contributed by atoms with Crippen molar-refractivity contribution in [3.63, 3.8) is 0 Å². The van der Waals surface area contributed by atoms with Crippen molar-refractivity contribution in [2.75, 3.05) is 11.4 Å². The van der Waals surface area contributed by atoms with E-state index in [-0.39, 0.29) is 18.0 Å². The smallest absolute Gasteiger partial charge is 0.244 e. The molecular formula is C15H22N2O. The lowest BCUT2D eigenvalue weighted by Crippen LogP contribution is -2.45. The van der Waals surface area contributed by atoms with Crippen molar-refractivity contribution >= 4 is 11.6 Å². The summed E-state index contributed by atoms with van der Waals surface area (Å²) >= 11 is 0. The van der Waals surface area contributed by atoms with Crippen molar-refractivity contribution in [3.8, 4) is 0 Å². The molecule has 1 aliphatic rings. The van der Waals surface area contributed by atoms with E-state index in [0.717, 1.165) is 25.1 Å². The molecule has 1 amide bonds. The van der Waals surface area contributed by atoms with Gasteiger partial charge in [-0.3, -0.25) is 4.79 Å². The molecule has 2 atom stereocenters. The molecular weight excluding hydrogens is 224 g/mol. The van der Waals surface area contributed by atoms with Crippen LogP contribution in [0.25, 0.3) is 0 Å². The fourth-order valence-corrected chi connectivity index (χ4v) is 2.55. The zero-order valence-electron chi connectivity index (χ0n) is 11.4. The molecule has 1 N–H and O–H groups in total. The Kier molecular flexibility index (Phi) is 4.02.